The Balaban J connectivity index is 3.10. The topological polar surface area (TPSA) is 173 Å². The lowest BCUT2D eigenvalue weighted by Crippen LogP contribution is -2.31. The largest absolute Gasteiger partial charge is 0.481 e. The van der Waals surface area contributed by atoms with Crippen LogP contribution in [-0.2, 0) is 9.59 Å². The normalized spacial score (nSPS) is 11.6. The zero-order valence-corrected chi connectivity index (χ0v) is 10.3. The van der Waals surface area contributed by atoms with Crippen molar-refractivity contribution in [1.82, 2.24) is 0 Å². The molecule has 0 aliphatic rings. The lowest BCUT2D eigenvalue weighted by Gasteiger charge is -2.11. The summed E-state index contributed by atoms with van der Waals surface area (Å²) in [6.45, 7) is 0. The van der Waals surface area contributed by atoms with E-state index in [0.29, 0.717) is 17.4 Å². The summed E-state index contributed by atoms with van der Waals surface area (Å²) in [6, 6.07) is -0.961. The molecule has 0 saturated carbocycles. The van der Waals surface area contributed by atoms with Crippen molar-refractivity contribution in [1.29, 1.82) is 0 Å². The molecule has 0 fully saturated rings. The Kier molecular flexibility index (Phi) is 4.53. The molecule has 0 aliphatic heterocycles. The maximum absolute atomic E-state index is 10.8. The van der Waals surface area contributed by atoms with E-state index in [1.54, 1.807) is 0 Å². The van der Waals surface area contributed by atoms with E-state index in [1.165, 1.54) is 0 Å². The molecule has 0 aliphatic carbocycles. The molecule has 0 bridgehead atoms. The van der Waals surface area contributed by atoms with Crippen molar-refractivity contribution >= 4 is 39.0 Å². The van der Waals surface area contributed by atoms with Gasteiger partial charge in [0.25, 0.3) is 0 Å². The highest BCUT2D eigenvalue weighted by molar-refractivity contribution is 7.19. The van der Waals surface area contributed by atoms with Crippen molar-refractivity contribution in [2.45, 2.75) is 12.5 Å². The maximum atomic E-state index is 10.8. The molecule has 0 radical (unpaired) electrons. The van der Waals surface area contributed by atoms with Crippen LogP contribution in [0.4, 0.5) is 15.7 Å². The fourth-order valence-electron chi connectivity index (χ4n) is 1.23. The summed E-state index contributed by atoms with van der Waals surface area (Å²) in [5.41, 5.74) is -0.682. The van der Waals surface area contributed by atoms with Gasteiger partial charge in [0.15, 0.2) is 5.00 Å². The van der Waals surface area contributed by atoms with Crippen molar-refractivity contribution in [3.63, 3.8) is 0 Å². The second-order valence-electron chi connectivity index (χ2n) is 3.45. The fourth-order valence-corrected chi connectivity index (χ4v) is 2.12. The number of nitrogens with one attached hydrogen (secondary N) is 1. The molecular formula is C8H7N3O8S. The fraction of sp³-hybridized carbons (Fsp3) is 0.250. The van der Waals surface area contributed by atoms with E-state index in [9.17, 15) is 29.8 Å². The maximum Gasteiger partial charge on any atom is 0.333 e. The van der Waals surface area contributed by atoms with Crippen molar-refractivity contribution in [3.8, 4) is 0 Å². The minimum Gasteiger partial charge on any atom is -0.481 e. The van der Waals surface area contributed by atoms with Crippen LogP contribution in [0, 0.1) is 20.2 Å². The monoisotopic (exact) mass is 305 g/mol. The first-order valence-electron chi connectivity index (χ1n) is 4.86. The average molecular weight is 305 g/mol. The lowest BCUT2D eigenvalue weighted by atomic mass is 10.2. The van der Waals surface area contributed by atoms with Crippen LogP contribution in [0.15, 0.2) is 6.07 Å². The standard InChI is InChI=1S/C8H7N3O8S/c12-6(13)1-3(8(14)15)9-7-4(10(16)17)2-5(20-7)11(18)19/h2-3,9H,1H2,(H,12,13)(H,14,15)/t3-/m0/s1. The van der Waals surface area contributed by atoms with Crippen LogP contribution in [0.5, 0.6) is 0 Å². The molecule has 20 heavy (non-hydrogen) atoms. The Morgan fingerprint density at radius 1 is 1.30 bits per heavy atom. The number of hydrogen-bond donors (Lipinski definition) is 3. The van der Waals surface area contributed by atoms with Crippen LogP contribution in [0.25, 0.3) is 0 Å². The number of nitro groups is 2. The first-order chi connectivity index (χ1) is 9.22. The number of anilines is 1. The number of rotatable bonds is 7. The van der Waals surface area contributed by atoms with Gasteiger partial charge in [-0.1, -0.05) is 0 Å². The number of carboxylic acids is 2. The molecule has 1 heterocycles. The number of nitrogens with zero attached hydrogens (tertiary/aromatic N) is 2. The summed E-state index contributed by atoms with van der Waals surface area (Å²) < 4.78 is 0. The molecule has 1 atom stereocenters. The van der Waals surface area contributed by atoms with E-state index in [-0.39, 0.29) is 5.00 Å². The predicted molar refractivity (Wildman–Crippen MR) is 64.9 cm³/mol. The third-order valence-electron chi connectivity index (χ3n) is 2.06. The van der Waals surface area contributed by atoms with Crippen molar-refractivity contribution in [2.24, 2.45) is 0 Å². The minimum absolute atomic E-state index is 0.361. The Morgan fingerprint density at radius 3 is 2.30 bits per heavy atom. The van der Waals surface area contributed by atoms with Crippen LogP contribution in [-0.4, -0.2) is 38.0 Å². The van der Waals surface area contributed by atoms with E-state index in [1.807, 2.05) is 0 Å². The van der Waals surface area contributed by atoms with E-state index in [4.69, 9.17) is 10.2 Å². The van der Waals surface area contributed by atoms with Gasteiger partial charge in [-0.25, -0.2) is 4.79 Å². The van der Waals surface area contributed by atoms with Gasteiger partial charge in [-0.3, -0.25) is 25.0 Å². The molecule has 11 nitrogen and oxygen atoms in total. The highest BCUT2D eigenvalue weighted by atomic mass is 32.1. The summed E-state index contributed by atoms with van der Waals surface area (Å²) in [7, 11) is 0. The Morgan fingerprint density at radius 2 is 1.90 bits per heavy atom. The molecular weight excluding hydrogens is 298 g/mol. The molecule has 108 valence electrons. The van der Waals surface area contributed by atoms with Gasteiger partial charge >= 0.3 is 22.6 Å². The summed E-state index contributed by atoms with van der Waals surface area (Å²) in [5, 5.41) is 39.8. The molecule has 0 aromatic carbocycles. The third kappa shape index (κ3) is 3.61. The molecule has 1 aromatic rings. The molecule has 1 rings (SSSR count). The Hall–Kier alpha value is -2.76. The number of aliphatic carboxylic acids is 2. The molecule has 3 N–H and O–H groups in total. The summed E-state index contributed by atoms with van der Waals surface area (Å²) >= 11 is 0.361. The SMILES string of the molecule is O=C(O)C[C@H](Nc1sc([N+](=O)[O-])cc1[N+](=O)[O-])C(=O)O. The molecule has 0 saturated heterocycles. The quantitative estimate of drug-likeness (QED) is 0.488. The Bertz CT molecular complexity index is 582. The van der Waals surface area contributed by atoms with Gasteiger partial charge in [-0.05, 0) is 11.3 Å². The number of carboxylic acid groups (broad SMARTS) is 2. The predicted octanol–water partition coefficient (Wildman–Crippen LogP) is 0.904. The number of thiophene rings is 1. The van der Waals surface area contributed by atoms with Gasteiger partial charge < -0.3 is 15.5 Å². The second-order valence-corrected chi connectivity index (χ2v) is 4.48. The zero-order valence-electron chi connectivity index (χ0n) is 9.51. The zero-order chi connectivity index (χ0) is 15.4. The van der Waals surface area contributed by atoms with Crippen LogP contribution in [0.1, 0.15) is 6.42 Å². The molecule has 1 aromatic heterocycles. The summed E-state index contributed by atoms with van der Waals surface area (Å²) in [6.07, 6.45) is -0.835. The van der Waals surface area contributed by atoms with E-state index in [0.717, 1.165) is 0 Å². The van der Waals surface area contributed by atoms with Gasteiger partial charge in [-0.2, -0.15) is 0 Å². The van der Waals surface area contributed by atoms with Crippen molar-refractivity contribution < 1.29 is 29.6 Å². The lowest BCUT2D eigenvalue weighted by molar-refractivity contribution is -0.389. The van der Waals surface area contributed by atoms with Crippen LogP contribution >= 0.6 is 11.3 Å². The number of hydrogen-bond acceptors (Lipinski definition) is 8. The molecule has 12 heteroatoms. The van der Waals surface area contributed by atoms with Crippen LogP contribution in [0.2, 0.25) is 0 Å². The number of carbonyl (C=O) groups is 2. The highest BCUT2D eigenvalue weighted by Gasteiger charge is 2.29. The van der Waals surface area contributed by atoms with E-state index < -0.39 is 44.9 Å². The molecule has 0 amide bonds. The van der Waals surface area contributed by atoms with Crippen LogP contribution in [0.3, 0.4) is 0 Å². The van der Waals surface area contributed by atoms with E-state index in [2.05, 4.69) is 5.32 Å². The third-order valence-corrected chi connectivity index (χ3v) is 3.07. The van der Waals surface area contributed by atoms with Gasteiger partial charge in [0.1, 0.15) is 12.1 Å². The smallest absolute Gasteiger partial charge is 0.333 e. The second kappa shape index (κ2) is 5.92. The molecule has 0 unspecified atom stereocenters. The summed E-state index contributed by atoms with van der Waals surface area (Å²) in [4.78, 5) is 40.8. The van der Waals surface area contributed by atoms with Crippen LogP contribution < -0.4 is 5.32 Å². The van der Waals surface area contributed by atoms with Crippen molar-refractivity contribution in [3.05, 3.63) is 26.3 Å². The van der Waals surface area contributed by atoms with E-state index >= 15 is 0 Å². The minimum atomic E-state index is -1.63. The van der Waals surface area contributed by atoms with Crippen molar-refractivity contribution in [2.75, 3.05) is 5.32 Å². The van der Waals surface area contributed by atoms with Gasteiger partial charge in [0, 0.05) is 0 Å². The Labute approximate surface area is 113 Å². The van der Waals surface area contributed by atoms with Gasteiger partial charge in [0.05, 0.1) is 16.3 Å². The molecule has 0 spiro atoms. The average Bonchev–Trinajstić information content (AvgIpc) is 2.71. The highest BCUT2D eigenvalue weighted by Crippen LogP contribution is 2.39. The van der Waals surface area contributed by atoms with Gasteiger partial charge in [-0.15, -0.1) is 0 Å². The van der Waals surface area contributed by atoms with Gasteiger partial charge in [0.2, 0.25) is 0 Å². The first kappa shape index (κ1) is 15.3. The summed E-state index contributed by atoms with van der Waals surface area (Å²) in [5.74, 6) is -2.98. The first-order valence-corrected chi connectivity index (χ1v) is 5.67.